The number of fused-ring (bicyclic) bond motifs is 1. The van der Waals surface area contributed by atoms with Gasteiger partial charge in [0.25, 0.3) is 0 Å². The quantitative estimate of drug-likeness (QED) is 0.306. The van der Waals surface area contributed by atoms with Crippen LogP contribution in [-0.2, 0) is 19.5 Å². The number of nitrogens with zero attached hydrogens (tertiary/aromatic N) is 5. The van der Waals surface area contributed by atoms with Gasteiger partial charge < -0.3 is 15.4 Å². The lowest BCUT2D eigenvalue weighted by atomic mass is 10.1. The second-order valence-electron chi connectivity index (χ2n) is 8.64. The lowest BCUT2D eigenvalue weighted by Crippen LogP contribution is -2.07. The van der Waals surface area contributed by atoms with Crippen molar-refractivity contribution in [2.45, 2.75) is 33.4 Å². The zero-order valence-electron chi connectivity index (χ0n) is 19.8. The molecule has 10 heteroatoms. The highest BCUT2D eigenvalue weighted by molar-refractivity contribution is 6.31. The maximum absolute atomic E-state index is 11.6. The first-order chi connectivity index (χ1) is 17.4. The fraction of sp³-hybridized carbons (Fsp3) is 0.192. The molecule has 1 aromatic carbocycles. The van der Waals surface area contributed by atoms with Crippen LogP contribution >= 0.6 is 11.6 Å². The lowest BCUT2D eigenvalue weighted by Gasteiger charge is -2.11. The third-order valence-electron chi connectivity index (χ3n) is 6.03. The Labute approximate surface area is 211 Å². The molecule has 182 valence electrons. The number of pyridine rings is 2. The molecule has 0 amide bonds. The van der Waals surface area contributed by atoms with Crippen molar-refractivity contribution < 1.29 is 5.11 Å². The summed E-state index contributed by atoms with van der Waals surface area (Å²) in [5.41, 5.74) is 5.98. The summed E-state index contributed by atoms with van der Waals surface area (Å²) < 4.78 is 1.84. The van der Waals surface area contributed by atoms with Gasteiger partial charge in [-0.15, -0.1) is 0 Å². The van der Waals surface area contributed by atoms with Gasteiger partial charge in [-0.3, -0.25) is 9.48 Å². The molecule has 5 rings (SSSR count). The van der Waals surface area contributed by atoms with E-state index >= 15 is 0 Å². The molecule has 4 heterocycles. The van der Waals surface area contributed by atoms with Gasteiger partial charge in [0.05, 0.1) is 17.0 Å². The van der Waals surface area contributed by atoms with Crippen LogP contribution < -0.4 is 10.9 Å². The minimum absolute atomic E-state index is 0.0197. The van der Waals surface area contributed by atoms with E-state index in [0.717, 1.165) is 33.3 Å². The Morgan fingerprint density at radius 2 is 1.86 bits per heavy atom. The zero-order valence-corrected chi connectivity index (χ0v) is 20.5. The number of nitrogens with one attached hydrogen (secondary N) is 2. The van der Waals surface area contributed by atoms with Gasteiger partial charge >= 0.3 is 0 Å². The van der Waals surface area contributed by atoms with Crippen LogP contribution in [0.2, 0.25) is 5.02 Å². The Kier molecular flexibility index (Phi) is 6.39. The number of hydrogen-bond acceptors (Lipinski definition) is 7. The molecule has 0 aliphatic carbocycles. The largest absolute Gasteiger partial charge is 0.493 e. The summed E-state index contributed by atoms with van der Waals surface area (Å²) in [4.78, 5) is 27.2. The number of aryl methyl sites for hydroxylation is 2. The number of halogens is 1. The summed E-state index contributed by atoms with van der Waals surface area (Å²) in [5, 5.41) is 19.0. The molecular formula is C26H24ClN7O2. The molecule has 0 bridgehead atoms. The Morgan fingerprint density at radius 1 is 1.08 bits per heavy atom. The average Bonchev–Trinajstić information content (AvgIpc) is 3.25. The summed E-state index contributed by atoms with van der Waals surface area (Å²) in [7, 11) is 0. The molecule has 0 radical (unpaired) electrons. The molecule has 0 aliphatic rings. The van der Waals surface area contributed by atoms with E-state index in [0.29, 0.717) is 41.7 Å². The summed E-state index contributed by atoms with van der Waals surface area (Å²) in [6.45, 7) is 4.90. The number of rotatable bonds is 7. The molecule has 0 atom stereocenters. The third-order valence-corrected chi connectivity index (χ3v) is 6.38. The molecule has 0 aliphatic heterocycles. The molecule has 0 fully saturated rings. The van der Waals surface area contributed by atoms with E-state index in [2.05, 4.69) is 30.4 Å². The highest BCUT2D eigenvalue weighted by Gasteiger charge is 2.12. The van der Waals surface area contributed by atoms with Crippen LogP contribution in [-0.4, -0.2) is 34.8 Å². The summed E-state index contributed by atoms with van der Waals surface area (Å²) in [6, 6.07) is 12.8. The number of hydrogen-bond donors (Lipinski definition) is 3. The standard InChI is InChI=1S/C26H24ClN7O2/c1-15-9-24(36)31-16(2)19(15)11-28-25-20-13-34(33-26(20)30-14-29-25)12-18-5-3-17(4-6-18)10-22-21(27)7-8-23(35)32-22/h3-9,13-14H,10-12H2,1-2H3,(H,31,36)(H,32,35)(H,28,29,30,33). The van der Waals surface area contributed by atoms with Crippen LogP contribution in [0.5, 0.6) is 5.88 Å². The molecule has 5 aromatic rings. The normalized spacial score (nSPS) is 11.2. The van der Waals surface area contributed by atoms with Gasteiger partial charge in [-0.05, 0) is 42.2 Å². The van der Waals surface area contributed by atoms with E-state index in [1.807, 2.05) is 49.0 Å². The predicted molar refractivity (Wildman–Crippen MR) is 138 cm³/mol. The summed E-state index contributed by atoms with van der Waals surface area (Å²) in [6.07, 6.45) is 3.96. The van der Waals surface area contributed by atoms with Crippen molar-refractivity contribution in [2.24, 2.45) is 0 Å². The van der Waals surface area contributed by atoms with E-state index in [9.17, 15) is 9.90 Å². The first kappa shape index (κ1) is 23.5. The van der Waals surface area contributed by atoms with Crippen molar-refractivity contribution in [1.82, 2.24) is 29.7 Å². The number of anilines is 1. The van der Waals surface area contributed by atoms with Crippen molar-refractivity contribution >= 4 is 28.5 Å². The van der Waals surface area contributed by atoms with Crippen LogP contribution in [0.3, 0.4) is 0 Å². The van der Waals surface area contributed by atoms with Crippen molar-refractivity contribution in [1.29, 1.82) is 0 Å². The Hall–Kier alpha value is -4.24. The highest BCUT2D eigenvalue weighted by Crippen LogP contribution is 2.22. The SMILES string of the molecule is Cc1cc(O)nc(C)c1CNc1ncnc2nn(Cc3ccc(Cc4[nH]c(=O)ccc4Cl)cc3)cc12. The topological polar surface area (TPSA) is 122 Å². The molecule has 0 spiro atoms. The van der Waals surface area contributed by atoms with Crippen molar-refractivity contribution in [3.8, 4) is 5.88 Å². The molecule has 4 aromatic heterocycles. The second-order valence-corrected chi connectivity index (χ2v) is 9.05. The Balaban J connectivity index is 1.31. The van der Waals surface area contributed by atoms with Gasteiger partial charge in [0.15, 0.2) is 5.65 Å². The van der Waals surface area contributed by atoms with E-state index < -0.39 is 0 Å². The van der Waals surface area contributed by atoms with Gasteiger partial charge in [0.2, 0.25) is 11.4 Å². The van der Waals surface area contributed by atoms with Crippen molar-refractivity contribution in [2.75, 3.05) is 5.32 Å². The monoisotopic (exact) mass is 501 g/mol. The lowest BCUT2D eigenvalue weighted by molar-refractivity contribution is 0.451. The van der Waals surface area contributed by atoms with Crippen molar-refractivity contribution in [3.63, 3.8) is 0 Å². The minimum atomic E-state index is -0.168. The molecular weight excluding hydrogens is 478 g/mol. The highest BCUT2D eigenvalue weighted by atomic mass is 35.5. The zero-order chi connectivity index (χ0) is 25.2. The van der Waals surface area contributed by atoms with Crippen LogP contribution in [0, 0.1) is 13.8 Å². The van der Waals surface area contributed by atoms with Gasteiger partial charge in [0.1, 0.15) is 12.1 Å². The smallest absolute Gasteiger partial charge is 0.248 e. The summed E-state index contributed by atoms with van der Waals surface area (Å²) in [5.74, 6) is 0.702. The number of aromatic nitrogens is 6. The third kappa shape index (κ3) is 5.06. The molecule has 9 nitrogen and oxygen atoms in total. The first-order valence-electron chi connectivity index (χ1n) is 11.4. The number of aromatic hydroxyl groups is 1. The van der Waals surface area contributed by atoms with Gasteiger partial charge in [-0.1, -0.05) is 35.9 Å². The molecule has 0 saturated heterocycles. The van der Waals surface area contributed by atoms with Crippen LogP contribution in [0.1, 0.15) is 33.6 Å². The van der Waals surface area contributed by atoms with Crippen LogP contribution in [0.15, 0.2) is 59.8 Å². The maximum Gasteiger partial charge on any atom is 0.248 e. The fourth-order valence-electron chi connectivity index (χ4n) is 4.17. The molecule has 36 heavy (non-hydrogen) atoms. The van der Waals surface area contributed by atoms with E-state index in [-0.39, 0.29) is 11.4 Å². The van der Waals surface area contributed by atoms with Crippen LogP contribution in [0.25, 0.3) is 11.0 Å². The average molecular weight is 502 g/mol. The molecule has 3 N–H and O–H groups in total. The van der Waals surface area contributed by atoms with Gasteiger partial charge in [-0.2, -0.15) is 5.10 Å². The van der Waals surface area contributed by atoms with Gasteiger partial charge in [0, 0.05) is 42.7 Å². The molecule has 0 saturated carbocycles. The Morgan fingerprint density at radius 3 is 2.64 bits per heavy atom. The number of benzene rings is 1. The predicted octanol–water partition coefficient (Wildman–Crippen LogP) is 4.14. The van der Waals surface area contributed by atoms with E-state index in [4.69, 9.17) is 11.6 Å². The van der Waals surface area contributed by atoms with Gasteiger partial charge in [-0.25, -0.2) is 15.0 Å². The summed E-state index contributed by atoms with van der Waals surface area (Å²) >= 11 is 6.20. The van der Waals surface area contributed by atoms with E-state index in [1.54, 1.807) is 12.1 Å². The molecule has 0 unspecified atom stereocenters. The van der Waals surface area contributed by atoms with Crippen molar-refractivity contribution in [3.05, 3.63) is 104 Å². The number of H-pyrrole nitrogens is 1. The van der Waals surface area contributed by atoms with E-state index in [1.165, 1.54) is 12.4 Å². The fourth-order valence-corrected chi connectivity index (χ4v) is 4.34. The number of aromatic amines is 1. The van der Waals surface area contributed by atoms with Crippen LogP contribution in [0.4, 0.5) is 5.82 Å². The maximum atomic E-state index is 11.6. The second kappa shape index (κ2) is 9.79. The first-order valence-corrected chi connectivity index (χ1v) is 11.8. The minimum Gasteiger partial charge on any atom is -0.493 e. The Bertz CT molecular complexity index is 1590.